The lowest BCUT2D eigenvalue weighted by atomic mass is 9.99. The van der Waals surface area contributed by atoms with E-state index in [4.69, 9.17) is 11.6 Å². The van der Waals surface area contributed by atoms with Crippen molar-refractivity contribution < 1.29 is 4.79 Å². The molecule has 0 radical (unpaired) electrons. The molecule has 17 heavy (non-hydrogen) atoms. The number of pyridine rings is 1. The summed E-state index contributed by atoms with van der Waals surface area (Å²) in [5.41, 5.74) is 1.56. The lowest BCUT2D eigenvalue weighted by molar-refractivity contribution is -0.120. The zero-order valence-electron chi connectivity index (χ0n) is 9.79. The maximum atomic E-state index is 12.0. The highest BCUT2D eigenvalue weighted by molar-refractivity contribution is 6.32. The molecule has 0 aromatic carbocycles. The second-order valence-corrected chi connectivity index (χ2v) is 4.68. The van der Waals surface area contributed by atoms with E-state index in [0.717, 1.165) is 31.5 Å². The van der Waals surface area contributed by atoms with Gasteiger partial charge < -0.3 is 10.6 Å². The number of carbonyl (C=O) groups is 1. The number of nitrogens with one attached hydrogen (secondary N) is 2. The number of anilines is 1. The van der Waals surface area contributed by atoms with E-state index in [1.54, 1.807) is 6.20 Å². The summed E-state index contributed by atoms with van der Waals surface area (Å²) in [5, 5.41) is 6.45. The van der Waals surface area contributed by atoms with Gasteiger partial charge in [-0.05, 0) is 37.9 Å². The van der Waals surface area contributed by atoms with Crippen LogP contribution in [0.15, 0.2) is 12.3 Å². The molecule has 5 heteroatoms. The Balaban J connectivity index is 2.07. The second kappa shape index (κ2) is 5.47. The Hall–Kier alpha value is -1.13. The van der Waals surface area contributed by atoms with Crippen molar-refractivity contribution in [2.75, 3.05) is 18.4 Å². The van der Waals surface area contributed by atoms with Crippen molar-refractivity contribution in [3.05, 3.63) is 23.0 Å². The number of piperidine rings is 1. The molecule has 0 aliphatic carbocycles. The number of hydrogen-bond donors (Lipinski definition) is 2. The Morgan fingerprint density at radius 3 is 3.12 bits per heavy atom. The summed E-state index contributed by atoms with van der Waals surface area (Å²) in [6, 6.07) is 1.83. The molecule has 0 spiro atoms. The number of hydrogen-bond acceptors (Lipinski definition) is 3. The van der Waals surface area contributed by atoms with Crippen LogP contribution in [0.5, 0.6) is 0 Å². The first-order chi connectivity index (χ1) is 8.18. The van der Waals surface area contributed by atoms with Gasteiger partial charge in [-0.15, -0.1) is 0 Å². The number of halogens is 1. The van der Waals surface area contributed by atoms with Gasteiger partial charge in [-0.25, -0.2) is 4.98 Å². The molecule has 1 fully saturated rings. The van der Waals surface area contributed by atoms with Crippen LogP contribution in [0.4, 0.5) is 5.69 Å². The molecular weight excluding hydrogens is 238 g/mol. The fourth-order valence-electron chi connectivity index (χ4n) is 1.98. The van der Waals surface area contributed by atoms with E-state index in [-0.39, 0.29) is 11.8 Å². The Bertz CT molecular complexity index is 396. The molecule has 0 unspecified atom stereocenters. The first-order valence-corrected chi connectivity index (χ1v) is 6.19. The van der Waals surface area contributed by atoms with Crippen molar-refractivity contribution in [3.8, 4) is 0 Å². The monoisotopic (exact) mass is 253 g/mol. The van der Waals surface area contributed by atoms with Crippen molar-refractivity contribution in [1.82, 2.24) is 10.3 Å². The molecule has 1 aromatic rings. The van der Waals surface area contributed by atoms with Crippen LogP contribution in [-0.4, -0.2) is 24.0 Å². The van der Waals surface area contributed by atoms with Crippen LogP contribution >= 0.6 is 11.6 Å². The molecule has 4 nitrogen and oxygen atoms in total. The number of nitrogens with zero attached hydrogens (tertiary/aromatic N) is 1. The second-order valence-electron chi connectivity index (χ2n) is 4.33. The highest BCUT2D eigenvalue weighted by Crippen LogP contribution is 2.24. The van der Waals surface area contributed by atoms with Crippen LogP contribution in [0.25, 0.3) is 0 Å². The molecule has 2 N–H and O–H groups in total. The van der Waals surface area contributed by atoms with Crippen LogP contribution in [0.3, 0.4) is 0 Å². The molecule has 2 rings (SSSR count). The van der Waals surface area contributed by atoms with E-state index in [2.05, 4.69) is 15.6 Å². The molecule has 2 heterocycles. The summed E-state index contributed by atoms with van der Waals surface area (Å²) in [7, 11) is 0. The van der Waals surface area contributed by atoms with Gasteiger partial charge in [0.25, 0.3) is 0 Å². The lowest BCUT2D eigenvalue weighted by Crippen LogP contribution is -2.37. The van der Waals surface area contributed by atoms with Gasteiger partial charge in [0.05, 0.1) is 11.6 Å². The topological polar surface area (TPSA) is 54.0 Å². The normalized spacial score (nSPS) is 20.0. The number of amides is 1. The molecule has 1 saturated heterocycles. The maximum absolute atomic E-state index is 12.0. The molecule has 0 saturated carbocycles. The van der Waals surface area contributed by atoms with Gasteiger partial charge in [0.1, 0.15) is 0 Å². The van der Waals surface area contributed by atoms with E-state index < -0.39 is 0 Å². The van der Waals surface area contributed by atoms with Crippen LogP contribution in [-0.2, 0) is 4.79 Å². The van der Waals surface area contributed by atoms with Crippen LogP contribution in [0, 0.1) is 12.8 Å². The van der Waals surface area contributed by atoms with Crippen LogP contribution < -0.4 is 10.6 Å². The van der Waals surface area contributed by atoms with E-state index in [0.29, 0.717) is 10.8 Å². The summed E-state index contributed by atoms with van der Waals surface area (Å²) >= 11 is 5.97. The van der Waals surface area contributed by atoms with Crippen molar-refractivity contribution in [2.45, 2.75) is 19.8 Å². The van der Waals surface area contributed by atoms with Crippen molar-refractivity contribution in [1.29, 1.82) is 0 Å². The highest BCUT2D eigenvalue weighted by atomic mass is 35.5. The van der Waals surface area contributed by atoms with Crippen molar-refractivity contribution in [2.24, 2.45) is 5.92 Å². The van der Waals surface area contributed by atoms with Gasteiger partial charge in [-0.1, -0.05) is 11.6 Å². The smallest absolute Gasteiger partial charge is 0.228 e. The number of aryl methyl sites for hydroxylation is 1. The fourth-order valence-corrected chi connectivity index (χ4v) is 2.23. The molecule has 0 bridgehead atoms. The molecule has 1 aliphatic heterocycles. The minimum atomic E-state index is 0.0233. The van der Waals surface area contributed by atoms with Gasteiger partial charge in [0.2, 0.25) is 5.91 Å². The van der Waals surface area contributed by atoms with E-state index >= 15 is 0 Å². The minimum Gasteiger partial charge on any atom is -0.323 e. The number of carbonyl (C=O) groups excluding carboxylic acids is 1. The summed E-state index contributed by atoms with van der Waals surface area (Å²) in [6.45, 7) is 3.64. The molecule has 92 valence electrons. The average Bonchev–Trinajstić information content (AvgIpc) is 2.35. The Morgan fingerprint density at radius 2 is 2.47 bits per heavy atom. The zero-order valence-corrected chi connectivity index (χ0v) is 10.5. The predicted molar refractivity (Wildman–Crippen MR) is 68.2 cm³/mol. The summed E-state index contributed by atoms with van der Waals surface area (Å²) < 4.78 is 0. The average molecular weight is 254 g/mol. The molecule has 1 aromatic heterocycles. The van der Waals surface area contributed by atoms with Gasteiger partial charge >= 0.3 is 0 Å². The molecular formula is C12H16ClN3O. The first-order valence-electron chi connectivity index (χ1n) is 5.81. The quantitative estimate of drug-likeness (QED) is 0.793. The van der Waals surface area contributed by atoms with Crippen molar-refractivity contribution in [3.63, 3.8) is 0 Å². The van der Waals surface area contributed by atoms with E-state index in [1.165, 1.54) is 0 Å². The third-order valence-corrected chi connectivity index (χ3v) is 3.32. The fraction of sp³-hybridized carbons (Fsp3) is 0.500. The van der Waals surface area contributed by atoms with E-state index in [1.807, 2.05) is 13.0 Å². The van der Waals surface area contributed by atoms with Gasteiger partial charge in [0, 0.05) is 12.7 Å². The third-order valence-electron chi connectivity index (χ3n) is 3.03. The molecule has 1 aliphatic rings. The maximum Gasteiger partial charge on any atom is 0.228 e. The Morgan fingerprint density at radius 1 is 1.65 bits per heavy atom. The summed E-state index contributed by atoms with van der Waals surface area (Å²) in [5.74, 6) is 0.0506. The largest absolute Gasteiger partial charge is 0.323 e. The Labute approximate surface area is 106 Å². The van der Waals surface area contributed by atoms with Crippen LogP contribution in [0.2, 0.25) is 5.15 Å². The third kappa shape index (κ3) is 2.96. The highest BCUT2D eigenvalue weighted by Gasteiger charge is 2.22. The van der Waals surface area contributed by atoms with Gasteiger partial charge in [-0.3, -0.25) is 4.79 Å². The SMILES string of the molecule is Cc1ccnc(Cl)c1NC(=O)[C@@H]1CCCNC1. The molecule has 1 amide bonds. The zero-order chi connectivity index (χ0) is 12.3. The minimum absolute atomic E-state index is 0.0233. The molecule has 1 atom stereocenters. The van der Waals surface area contributed by atoms with E-state index in [9.17, 15) is 4.79 Å². The lowest BCUT2D eigenvalue weighted by Gasteiger charge is -2.22. The Kier molecular flexibility index (Phi) is 3.97. The number of aromatic nitrogens is 1. The predicted octanol–water partition coefficient (Wildman–Crippen LogP) is 1.98. The van der Waals surface area contributed by atoms with Gasteiger partial charge in [0.15, 0.2) is 5.15 Å². The van der Waals surface area contributed by atoms with Gasteiger partial charge in [-0.2, -0.15) is 0 Å². The van der Waals surface area contributed by atoms with Crippen molar-refractivity contribution >= 4 is 23.2 Å². The summed E-state index contributed by atoms with van der Waals surface area (Å²) in [6.07, 6.45) is 3.60. The standard InChI is InChI=1S/C12H16ClN3O/c1-8-4-6-15-11(13)10(8)16-12(17)9-3-2-5-14-7-9/h4,6,9,14H,2-3,5,7H2,1H3,(H,16,17)/t9-/m1/s1. The van der Waals surface area contributed by atoms with Crippen LogP contribution in [0.1, 0.15) is 18.4 Å². The number of rotatable bonds is 2. The summed E-state index contributed by atoms with van der Waals surface area (Å²) in [4.78, 5) is 16.0. The first kappa shape index (κ1) is 12.3.